The van der Waals surface area contributed by atoms with E-state index in [2.05, 4.69) is 0 Å². The van der Waals surface area contributed by atoms with Crippen molar-refractivity contribution in [2.75, 3.05) is 20.3 Å². The smallest absolute Gasteiger partial charge is 0.362 e. The Labute approximate surface area is 175 Å². The number of ether oxygens (including phenoxy) is 1. The van der Waals surface area contributed by atoms with Gasteiger partial charge in [0.05, 0.1) is 31.7 Å². The summed E-state index contributed by atoms with van der Waals surface area (Å²) in [6.07, 6.45) is -0.299. The first-order valence-electron chi connectivity index (χ1n) is 9.53. The molecule has 0 spiro atoms. The van der Waals surface area contributed by atoms with E-state index >= 15 is 0 Å². The van der Waals surface area contributed by atoms with Crippen LogP contribution < -0.4 is 4.74 Å². The van der Waals surface area contributed by atoms with Crippen molar-refractivity contribution in [3.63, 3.8) is 0 Å². The van der Waals surface area contributed by atoms with Crippen LogP contribution in [0.4, 0.5) is 0 Å². The summed E-state index contributed by atoms with van der Waals surface area (Å²) in [5.74, 6) is 0.713. The first-order valence-corrected chi connectivity index (χ1v) is 11.9. The van der Waals surface area contributed by atoms with Crippen molar-refractivity contribution in [3.8, 4) is 5.75 Å². The lowest BCUT2D eigenvalue weighted by Crippen LogP contribution is -2.29. The molecule has 0 aliphatic carbocycles. The van der Waals surface area contributed by atoms with E-state index in [1.165, 1.54) is 11.8 Å². The lowest BCUT2D eigenvalue weighted by atomic mass is 9.97. The van der Waals surface area contributed by atoms with E-state index in [9.17, 15) is 9.67 Å². The summed E-state index contributed by atoms with van der Waals surface area (Å²) < 4.78 is 30.9. The zero-order valence-corrected chi connectivity index (χ0v) is 18.5. The fourth-order valence-electron chi connectivity index (χ4n) is 3.40. The van der Waals surface area contributed by atoms with E-state index in [1.807, 2.05) is 62.4 Å². The van der Waals surface area contributed by atoms with Crippen LogP contribution >= 0.6 is 19.4 Å². The maximum Gasteiger partial charge on any atom is 0.362 e. The normalized spacial score (nSPS) is 24.5. The Balaban J connectivity index is 1.83. The Hall–Kier alpha value is -1.56. The van der Waals surface area contributed by atoms with Gasteiger partial charge in [0.15, 0.2) is 0 Å². The average molecular weight is 432 g/mol. The van der Waals surface area contributed by atoms with Gasteiger partial charge in [0.1, 0.15) is 5.75 Å². The fourth-order valence-corrected chi connectivity index (χ4v) is 7.30. The summed E-state index contributed by atoms with van der Waals surface area (Å²) in [5.41, 5.74) is 1.44. The first kappa shape index (κ1) is 20.7. The molecule has 0 bridgehead atoms. The molecule has 0 saturated carbocycles. The van der Waals surface area contributed by atoms with Crippen LogP contribution in [-0.2, 0) is 13.6 Å². The van der Waals surface area contributed by atoms with Gasteiger partial charge in [-0.2, -0.15) is 0 Å². The third-order valence-electron chi connectivity index (χ3n) is 5.04. The summed E-state index contributed by atoms with van der Waals surface area (Å²) in [5, 5.41) is 11.3. The highest BCUT2D eigenvalue weighted by Crippen LogP contribution is 2.67. The van der Waals surface area contributed by atoms with E-state index in [4.69, 9.17) is 13.8 Å². The summed E-state index contributed by atoms with van der Waals surface area (Å²) >= 11 is 1.52. The van der Waals surface area contributed by atoms with Crippen LogP contribution in [-0.4, -0.2) is 25.4 Å². The Kier molecular flexibility index (Phi) is 5.66. The molecule has 1 atom stereocenters. The van der Waals surface area contributed by atoms with E-state index in [-0.39, 0.29) is 5.41 Å². The number of fused-ring (bicyclic) bond motifs is 1. The number of benzene rings is 2. The first-order chi connectivity index (χ1) is 13.8. The molecular formula is C22H25O5PS. The lowest BCUT2D eigenvalue weighted by Gasteiger charge is -2.36. The van der Waals surface area contributed by atoms with Crippen LogP contribution in [0.1, 0.15) is 37.5 Å². The van der Waals surface area contributed by atoms with Gasteiger partial charge in [-0.15, -0.1) is 0 Å². The van der Waals surface area contributed by atoms with E-state index < -0.39 is 13.7 Å². The van der Waals surface area contributed by atoms with Crippen LogP contribution in [0.2, 0.25) is 0 Å². The monoisotopic (exact) mass is 432 g/mol. The fraction of sp³-hybridized carbons (Fsp3) is 0.364. The molecular weight excluding hydrogens is 407 g/mol. The molecule has 0 aromatic heterocycles. The van der Waals surface area contributed by atoms with E-state index in [1.54, 1.807) is 7.11 Å². The lowest BCUT2D eigenvalue weighted by molar-refractivity contribution is 0.0467. The number of hydrogen-bond donors (Lipinski definition) is 1. The molecule has 1 N–H and O–H groups in total. The van der Waals surface area contributed by atoms with Crippen molar-refractivity contribution in [2.24, 2.45) is 5.41 Å². The third-order valence-corrected chi connectivity index (χ3v) is 8.42. The second-order valence-electron chi connectivity index (χ2n) is 8.07. The quantitative estimate of drug-likeness (QED) is 0.613. The number of methoxy groups -OCH3 is 1. The Morgan fingerprint density at radius 3 is 2.45 bits per heavy atom. The minimum atomic E-state index is -3.55. The minimum Gasteiger partial charge on any atom is -0.497 e. The topological polar surface area (TPSA) is 65.0 Å². The molecule has 7 heteroatoms. The van der Waals surface area contributed by atoms with Gasteiger partial charge < -0.3 is 18.9 Å². The second kappa shape index (κ2) is 7.93. The summed E-state index contributed by atoms with van der Waals surface area (Å²) in [6, 6.07) is 15.1. The van der Waals surface area contributed by atoms with E-state index in [0.29, 0.717) is 30.7 Å². The minimum absolute atomic E-state index is 0.199. The number of rotatable bonds is 3. The largest absolute Gasteiger partial charge is 0.497 e. The van der Waals surface area contributed by atoms with Crippen LogP contribution in [0.5, 0.6) is 5.75 Å². The second-order valence-corrected chi connectivity index (χ2v) is 11.2. The predicted octanol–water partition coefficient (Wildman–Crippen LogP) is 5.86. The highest BCUT2D eigenvalue weighted by Gasteiger charge is 2.42. The van der Waals surface area contributed by atoms with Crippen molar-refractivity contribution in [3.05, 3.63) is 64.6 Å². The molecule has 1 saturated heterocycles. The van der Waals surface area contributed by atoms with Crippen molar-refractivity contribution in [1.82, 2.24) is 0 Å². The Morgan fingerprint density at radius 2 is 1.79 bits per heavy atom. The highest BCUT2D eigenvalue weighted by molar-refractivity contribution is 8.03. The zero-order valence-electron chi connectivity index (χ0n) is 16.8. The van der Waals surface area contributed by atoms with Gasteiger partial charge >= 0.3 is 7.60 Å². The summed E-state index contributed by atoms with van der Waals surface area (Å²) in [6.45, 7) is 4.74. The van der Waals surface area contributed by atoms with Gasteiger partial charge in [-0.1, -0.05) is 55.9 Å². The number of thioether (sulfide) groups is 1. The molecule has 29 heavy (non-hydrogen) atoms. The third kappa shape index (κ3) is 4.18. The van der Waals surface area contributed by atoms with Crippen LogP contribution in [0.15, 0.2) is 58.3 Å². The molecule has 4 rings (SSSR count). The standard InChI is InChI=1S/C22H25O5PS/c1-22(2)13-26-28(24,27-14-22)21(15-8-10-16(25-3)11-9-15)20-12-18(23)17-6-4-5-7-19(17)29-20/h4-11,18,23H,12-14H2,1-3H3/b21-20-. The highest BCUT2D eigenvalue weighted by atomic mass is 32.2. The summed E-state index contributed by atoms with van der Waals surface area (Å²) in [7, 11) is -1.94. The number of aliphatic hydroxyl groups excluding tert-OH is 1. The maximum absolute atomic E-state index is 13.9. The molecule has 0 amide bonds. The van der Waals surface area contributed by atoms with Crippen LogP contribution in [0.25, 0.3) is 5.31 Å². The number of aliphatic hydroxyl groups is 1. The van der Waals surface area contributed by atoms with Crippen molar-refractivity contribution < 1.29 is 23.5 Å². The predicted molar refractivity (Wildman–Crippen MR) is 115 cm³/mol. The number of hydrogen-bond acceptors (Lipinski definition) is 6. The summed E-state index contributed by atoms with van der Waals surface area (Å²) in [4.78, 5) is 1.76. The Morgan fingerprint density at radius 1 is 1.14 bits per heavy atom. The maximum atomic E-state index is 13.9. The molecule has 5 nitrogen and oxygen atoms in total. The average Bonchev–Trinajstić information content (AvgIpc) is 2.71. The molecule has 2 aromatic rings. The van der Waals surface area contributed by atoms with Gasteiger partial charge in [-0.3, -0.25) is 4.57 Å². The van der Waals surface area contributed by atoms with E-state index in [0.717, 1.165) is 20.9 Å². The van der Waals surface area contributed by atoms with Crippen molar-refractivity contribution in [1.29, 1.82) is 0 Å². The van der Waals surface area contributed by atoms with Gasteiger partial charge in [0.2, 0.25) is 0 Å². The molecule has 154 valence electrons. The van der Waals surface area contributed by atoms with Crippen LogP contribution in [0, 0.1) is 5.41 Å². The van der Waals surface area contributed by atoms with Gasteiger partial charge in [-0.05, 0) is 29.3 Å². The molecule has 0 radical (unpaired) electrons. The van der Waals surface area contributed by atoms with Crippen molar-refractivity contribution in [2.45, 2.75) is 31.3 Å². The van der Waals surface area contributed by atoms with Gasteiger partial charge in [-0.25, -0.2) is 0 Å². The SMILES string of the molecule is COc1ccc(/C(=C2\CC(O)c3ccccc3S2)P2(=O)OCC(C)(C)CO2)cc1. The van der Waals surface area contributed by atoms with Gasteiger partial charge in [0.25, 0.3) is 0 Å². The van der Waals surface area contributed by atoms with Crippen LogP contribution in [0.3, 0.4) is 0 Å². The molecule has 2 heterocycles. The molecule has 1 fully saturated rings. The molecule has 2 aliphatic heterocycles. The zero-order chi connectivity index (χ0) is 20.6. The molecule has 1 unspecified atom stereocenters. The van der Waals surface area contributed by atoms with Gasteiger partial charge in [0, 0.05) is 21.6 Å². The Bertz CT molecular complexity index is 969. The molecule has 2 aliphatic rings. The molecule has 2 aromatic carbocycles. The van der Waals surface area contributed by atoms with Crippen molar-refractivity contribution >= 4 is 24.7 Å².